The highest BCUT2D eigenvalue weighted by Gasteiger charge is 2.31. The smallest absolute Gasteiger partial charge is 0.263 e. The van der Waals surface area contributed by atoms with Gasteiger partial charge in [-0.15, -0.1) is 0 Å². The molecule has 2 unspecified atom stereocenters. The molecule has 0 aromatic heterocycles. The molecule has 1 fully saturated rings. The van der Waals surface area contributed by atoms with E-state index in [2.05, 4.69) is 24.4 Å². The van der Waals surface area contributed by atoms with Gasteiger partial charge in [0.25, 0.3) is 5.91 Å². The predicted octanol–water partition coefficient (Wildman–Crippen LogP) is 2.28. The van der Waals surface area contributed by atoms with Crippen LogP contribution in [0.25, 0.3) is 0 Å². The molecule has 1 aliphatic heterocycles. The summed E-state index contributed by atoms with van der Waals surface area (Å²) in [4.78, 5) is 13.7. The fraction of sp³-hybridized carbons (Fsp3) is 0.588. The highest BCUT2D eigenvalue weighted by molar-refractivity contribution is 5.83. The molecule has 1 saturated heterocycles. The third kappa shape index (κ3) is 2.91. The van der Waals surface area contributed by atoms with Crippen LogP contribution >= 0.6 is 0 Å². The molecule has 1 N–H and O–H groups in total. The van der Waals surface area contributed by atoms with Crippen molar-refractivity contribution in [1.29, 1.82) is 0 Å². The van der Waals surface area contributed by atoms with Crippen LogP contribution in [0.3, 0.4) is 0 Å². The maximum absolute atomic E-state index is 11.9. The van der Waals surface area contributed by atoms with Gasteiger partial charge in [0.1, 0.15) is 5.75 Å². The second-order valence-electron chi connectivity index (χ2n) is 6.02. The Kier molecular flexibility index (Phi) is 4.15. The number of amides is 1. The van der Waals surface area contributed by atoms with Crippen LogP contribution in [0.2, 0.25) is 0 Å². The molecular weight excluding hydrogens is 264 g/mol. The van der Waals surface area contributed by atoms with E-state index in [1.54, 1.807) is 4.90 Å². The molecule has 0 bridgehead atoms. The molecule has 114 valence electrons. The molecular formula is C17H24N2O2. The highest BCUT2D eigenvalue weighted by Crippen LogP contribution is 2.32. The van der Waals surface area contributed by atoms with Crippen molar-refractivity contribution in [2.45, 2.75) is 44.8 Å². The van der Waals surface area contributed by atoms with E-state index in [4.69, 9.17) is 4.74 Å². The molecule has 0 radical (unpaired) electrons. The van der Waals surface area contributed by atoms with Crippen molar-refractivity contribution < 1.29 is 9.53 Å². The van der Waals surface area contributed by atoms with E-state index in [1.807, 2.05) is 13.1 Å². The van der Waals surface area contributed by atoms with Crippen molar-refractivity contribution >= 4 is 5.91 Å². The second kappa shape index (κ2) is 6.06. The fourth-order valence-corrected chi connectivity index (χ4v) is 3.39. The molecule has 0 saturated carbocycles. The summed E-state index contributed by atoms with van der Waals surface area (Å²) in [7, 11) is 1.83. The van der Waals surface area contributed by atoms with Gasteiger partial charge in [0, 0.05) is 26.1 Å². The first-order valence-corrected chi connectivity index (χ1v) is 7.97. The van der Waals surface area contributed by atoms with Gasteiger partial charge in [-0.3, -0.25) is 4.79 Å². The van der Waals surface area contributed by atoms with Crippen LogP contribution in [-0.4, -0.2) is 37.0 Å². The summed E-state index contributed by atoms with van der Waals surface area (Å²) in [5.74, 6) is 0.929. The van der Waals surface area contributed by atoms with E-state index in [9.17, 15) is 4.79 Å². The van der Waals surface area contributed by atoms with E-state index in [0.29, 0.717) is 6.04 Å². The lowest BCUT2D eigenvalue weighted by Gasteiger charge is -2.27. The summed E-state index contributed by atoms with van der Waals surface area (Å²) < 4.78 is 5.91. The van der Waals surface area contributed by atoms with Crippen molar-refractivity contribution in [2.24, 2.45) is 0 Å². The number of likely N-dealkylation sites (N-methyl/N-ethyl adjacent to an activating group) is 1. The zero-order valence-corrected chi connectivity index (χ0v) is 12.9. The Morgan fingerprint density at radius 2 is 2.24 bits per heavy atom. The average molecular weight is 288 g/mol. The Hall–Kier alpha value is -1.55. The maximum atomic E-state index is 11.9. The molecule has 1 aromatic carbocycles. The van der Waals surface area contributed by atoms with Crippen molar-refractivity contribution in [2.75, 3.05) is 20.1 Å². The van der Waals surface area contributed by atoms with Gasteiger partial charge < -0.3 is 15.0 Å². The number of rotatable bonds is 4. The van der Waals surface area contributed by atoms with Crippen LogP contribution in [0.5, 0.6) is 5.75 Å². The van der Waals surface area contributed by atoms with Crippen LogP contribution in [0.15, 0.2) is 18.2 Å². The van der Waals surface area contributed by atoms with E-state index in [-0.39, 0.29) is 12.0 Å². The van der Waals surface area contributed by atoms with Crippen LogP contribution in [0.1, 0.15) is 43.4 Å². The molecule has 4 heteroatoms. The van der Waals surface area contributed by atoms with Crippen molar-refractivity contribution in [3.8, 4) is 5.75 Å². The first-order chi connectivity index (χ1) is 10.2. The van der Waals surface area contributed by atoms with Gasteiger partial charge in [-0.2, -0.15) is 0 Å². The van der Waals surface area contributed by atoms with Crippen LogP contribution in [0, 0.1) is 0 Å². The Balaban J connectivity index is 1.75. The average Bonchev–Trinajstić information content (AvgIpc) is 2.80. The van der Waals surface area contributed by atoms with Crippen molar-refractivity contribution in [3.63, 3.8) is 0 Å². The lowest BCUT2D eigenvalue weighted by atomic mass is 9.87. The van der Waals surface area contributed by atoms with E-state index < -0.39 is 0 Å². The monoisotopic (exact) mass is 288 g/mol. The molecule has 1 aromatic rings. The topological polar surface area (TPSA) is 41.6 Å². The van der Waals surface area contributed by atoms with Crippen LogP contribution in [0.4, 0.5) is 0 Å². The largest absolute Gasteiger partial charge is 0.481 e. The molecule has 1 heterocycles. The molecule has 2 atom stereocenters. The molecule has 3 rings (SSSR count). The van der Waals surface area contributed by atoms with E-state index in [0.717, 1.165) is 31.7 Å². The van der Waals surface area contributed by atoms with Crippen molar-refractivity contribution in [3.05, 3.63) is 29.3 Å². The Morgan fingerprint density at radius 1 is 1.38 bits per heavy atom. The predicted molar refractivity (Wildman–Crippen MR) is 82.5 cm³/mol. The number of nitrogens with one attached hydrogen (secondary N) is 1. The molecule has 21 heavy (non-hydrogen) atoms. The highest BCUT2D eigenvalue weighted by atomic mass is 16.5. The summed E-state index contributed by atoms with van der Waals surface area (Å²) in [6.45, 7) is 3.93. The third-order valence-electron chi connectivity index (χ3n) is 4.54. The molecule has 4 nitrogen and oxygen atoms in total. The standard InChI is InChI=1S/C17H24N2O2/c1-3-18-15-6-4-5-12-11-13(7-8-14(12)15)21-16-9-10-19(2)17(16)20/h7-8,11,15-16,18H,3-6,9-10H2,1-2H3. The number of carbonyl (C=O) groups excluding carboxylic acids is 1. The Labute approximate surface area is 126 Å². The minimum absolute atomic E-state index is 0.0956. The summed E-state index contributed by atoms with van der Waals surface area (Å²) in [5.41, 5.74) is 2.76. The number of aryl methyl sites for hydroxylation is 1. The summed E-state index contributed by atoms with van der Waals surface area (Å²) >= 11 is 0. The number of nitrogens with zero attached hydrogens (tertiary/aromatic N) is 1. The van der Waals surface area contributed by atoms with Gasteiger partial charge in [-0.25, -0.2) is 0 Å². The summed E-state index contributed by atoms with van der Waals surface area (Å²) in [6.07, 6.45) is 3.99. The minimum Gasteiger partial charge on any atom is -0.481 e. The number of hydrogen-bond acceptors (Lipinski definition) is 3. The third-order valence-corrected chi connectivity index (χ3v) is 4.54. The lowest BCUT2D eigenvalue weighted by molar-refractivity contribution is -0.132. The number of ether oxygens (including phenoxy) is 1. The van der Waals surface area contributed by atoms with Gasteiger partial charge in [0.2, 0.25) is 0 Å². The number of hydrogen-bond donors (Lipinski definition) is 1. The maximum Gasteiger partial charge on any atom is 0.263 e. The summed E-state index contributed by atoms with van der Waals surface area (Å²) in [6, 6.07) is 6.78. The first kappa shape index (κ1) is 14.4. The first-order valence-electron chi connectivity index (χ1n) is 7.97. The number of fused-ring (bicyclic) bond motifs is 1. The normalized spacial score (nSPS) is 25.0. The molecule has 1 amide bonds. The number of carbonyl (C=O) groups is 1. The second-order valence-corrected chi connectivity index (χ2v) is 6.02. The number of likely N-dealkylation sites (tertiary alicyclic amines) is 1. The van der Waals surface area contributed by atoms with Gasteiger partial charge in [-0.1, -0.05) is 13.0 Å². The van der Waals surface area contributed by atoms with E-state index in [1.165, 1.54) is 24.0 Å². The fourth-order valence-electron chi connectivity index (χ4n) is 3.39. The van der Waals surface area contributed by atoms with E-state index >= 15 is 0 Å². The van der Waals surface area contributed by atoms with Gasteiger partial charge >= 0.3 is 0 Å². The quantitative estimate of drug-likeness (QED) is 0.924. The minimum atomic E-state index is -0.304. The van der Waals surface area contributed by atoms with Gasteiger partial charge in [0.05, 0.1) is 0 Å². The molecule has 1 aliphatic carbocycles. The van der Waals surface area contributed by atoms with Gasteiger partial charge in [0.15, 0.2) is 6.10 Å². The van der Waals surface area contributed by atoms with Crippen molar-refractivity contribution in [1.82, 2.24) is 10.2 Å². The zero-order valence-electron chi connectivity index (χ0n) is 12.9. The Morgan fingerprint density at radius 3 is 2.95 bits per heavy atom. The van der Waals surface area contributed by atoms with Crippen LogP contribution in [-0.2, 0) is 11.2 Å². The van der Waals surface area contributed by atoms with Crippen LogP contribution < -0.4 is 10.1 Å². The number of benzene rings is 1. The Bertz CT molecular complexity index is 530. The zero-order chi connectivity index (χ0) is 14.8. The molecule has 0 spiro atoms. The lowest BCUT2D eigenvalue weighted by Crippen LogP contribution is -2.29. The van der Waals surface area contributed by atoms with Gasteiger partial charge in [-0.05, 0) is 49.1 Å². The molecule has 2 aliphatic rings. The summed E-state index contributed by atoms with van der Waals surface area (Å²) in [5, 5.41) is 3.54. The SMILES string of the molecule is CCNC1CCCc2cc(OC3CCN(C)C3=O)ccc21.